The summed E-state index contributed by atoms with van der Waals surface area (Å²) in [5, 5.41) is 1.90. The molecule has 0 aliphatic heterocycles. The Kier molecular flexibility index (Phi) is 2.75. The Labute approximate surface area is 109 Å². The van der Waals surface area contributed by atoms with Gasteiger partial charge in [0.1, 0.15) is 10.6 Å². The van der Waals surface area contributed by atoms with Gasteiger partial charge in [-0.3, -0.25) is 0 Å². The zero-order valence-electron chi connectivity index (χ0n) is 9.99. The van der Waals surface area contributed by atoms with Gasteiger partial charge in [-0.15, -0.1) is 11.3 Å². The molecule has 2 N–H and O–H groups in total. The summed E-state index contributed by atoms with van der Waals surface area (Å²) in [5.41, 5.74) is 7.52. The topological polar surface area (TPSA) is 51.8 Å². The number of thiophene rings is 1. The largest absolute Gasteiger partial charge is 0.383 e. The molecule has 1 aliphatic rings. The third kappa shape index (κ3) is 1.72. The number of hydrogen-bond donors (Lipinski definition) is 1. The van der Waals surface area contributed by atoms with Crippen LogP contribution in [0.5, 0.6) is 0 Å². The highest BCUT2D eigenvalue weighted by atomic mass is 32.2. The van der Waals surface area contributed by atoms with Gasteiger partial charge in [0.15, 0.2) is 5.16 Å². The van der Waals surface area contributed by atoms with Gasteiger partial charge in [0.2, 0.25) is 0 Å². The maximum absolute atomic E-state index is 6.11. The van der Waals surface area contributed by atoms with Crippen molar-refractivity contribution in [2.75, 3.05) is 12.0 Å². The minimum absolute atomic E-state index is 0.596. The van der Waals surface area contributed by atoms with Gasteiger partial charge in [-0.05, 0) is 37.0 Å². The van der Waals surface area contributed by atoms with E-state index in [0.29, 0.717) is 11.7 Å². The molecule has 3 nitrogen and oxygen atoms in total. The number of aromatic nitrogens is 2. The number of thioether (sulfide) groups is 1. The smallest absolute Gasteiger partial charge is 0.190 e. The molecular formula is C12H15N3S2. The molecule has 90 valence electrons. The Morgan fingerprint density at radius 3 is 3.00 bits per heavy atom. The van der Waals surface area contributed by atoms with Gasteiger partial charge in [-0.1, -0.05) is 18.7 Å². The molecule has 0 fully saturated rings. The van der Waals surface area contributed by atoms with Crippen LogP contribution in [0.15, 0.2) is 5.16 Å². The van der Waals surface area contributed by atoms with E-state index in [1.165, 1.54) is 29.7 Å². The molecule has 0 radical (unpaired) electrons. The van der Waals surface area contributed by atoms with Gasteiger partial charge < -0.3 is 5.73 Å². The number of fused-ring (bicyclic) bond motifs is 3. The summed E-state index contributed by atoms with van der Waals surface area (Å²) < 4.78 is 0. The van der Waals surface area contributed by atoms with Crippen molar-refractivity contribution in [3.63, 3.8) is 0 Å². The van der Waals surface area contributed by atoms with Crippen LogP contribution in [0.1, 0.15) is 36.1 Å². The predicted molar refractivity (Wildman–Crippen MR) is 75.0 cm³/mol. The third-order valence-electron chi connectivity index (χ3n) is 3.39. The zero-order chi connectivity index (χ0) is 12.0. The molecule has 0 saturated heterocycles. The maximum atomic E-state index is 6.11. The van der Waals surface area contributed by atoms with Gasteiger partial charge >= 0.3 is 0 Å². The minimum atomic E-state index is 0.596. The van der Waals surface area contributed by atoms with Crippen molar-refractivity contribution >= 4 is 39.1 Å². The van der Waals surface area contributed by atoms with Crippen molar-refractivity contribution in [3.05, 3.63) is 10.4 Å². The molecule has 1 atom stereocenters. The van der Waals surface area contributed by atoms with Crippen LogP contribution in [0.4, 0.5) is 5.82 Å². The fourth-order valence-electron chi connectivity index (χ4n) is 2.59. The Hall–Kier alpha value is -0.810. The van der Waals surface area contributed by atoms with Crippen molar-refractivity contribution in [2.45, 2.75) is 37.3 Å². The van der Waals surface area contributed by atoms with Crippen LogP contribution in [-0.4, -0.2) is 16.2 Å². The lowest BCUT2D eigenvalue weighted by Gasteiger charge is -2.18. The van der Waals surface area contributed by atoms with Crippen LogP contribution in [0.2, 0.25) is 0 Å². The quantitative estimate of drug-likeness (QED) is 0.634. The minimum Gasteiger partial charge on any atom is -0.383 e. The molecule has 0 bridgehead atoms. The van der Waals surface area contributed by atoms with Crippen molar-refractivity contribution in [1.29, 1.82) is 0 Å². The molecule has 2 aromatic rings. The van der Waals surface area contributed by atoms with Crippen LogP contribution < -0.4 is 5.73 Å². The molecule has 1 unspecified atom stereocenters. The fourth-order valence-corrected chi connectivity index (χ4v) is 4.36. The van der Waals surface area contributed by atoms with E-state index in [1.807, 2.05) is 6.26 Å². The number of aryl methyl sites for hydroxylation is 1. The standard InChI is InChI=1S/C12H15N3S2/c1-6-4-3-5-7-8(6)9-10(13)14-12(16-2)15-11(9)17-7/h6H,3-5H2,1-2H3,(H2,13,14,15). The third-order valence-corrected chi connectivity index (χ3v) is 5.10. The first-order valence-electron chi connectivity index (χ1n) is 5.83. The lowest BCUT2D eigenvalue weighted by molar-refractivity contribution is 0.602. The summed E-state index contributed by atoms with van der Waals surface area (Å²) in [4.78, 5) is 11.5. The van der Waals surface area contributed by atoms with Gasteiger partial charge in [-0.25, -0.2) is 9.97 Å². The summed E-state index contributed by atoms with van der Waals surface area (Å²) in [6.07, 6.45) is 5.69. The summed E-state index contributed by atoms with van der Waals surface area (Å²) in [5.74, 6) is 1.25. The van der Waals surface area contributed by atoms with Gasteiger partial charge in [-0.2, -0.15) is 0 Å². The normalized spacial score (nSPS) is 19.5. The van der Waals surface area contributed by atoms with Gasteiger partial charge in [0, 0.05) is 4.88 Å². The van der Waals surface area contributed by atoms with Gasteiger partial charge in [0.25, 0.3) is 0 Å². The Balaban J connectivity index is 2.31. The first-order chi connectivity index (χ1) is 8.20. The number of nitrogens with zero attached hydrogens (tertiary/aromatic N) is 2. The van der Waals surface area contributed by atoms with E-state index in [0.717, 1.165) is 15.4 Å². The van der Waals surface area contributed by atoms with E-state index < -0.39 is 0 Å². The molecular weight excluding hydrogens is 250 g/mol. The number of hydrogen-bond acceptors (Lipinski definition) is 5. The van der Waals surface area contributed by atoms with E-state index in [4.69, 9.17) is 5.73 Å². The van der Waals surface area contributed by atoms with Crippen molar-refractivity contribution in [1.82, 2.24) is 9.97 Å². The second-order valence-electron chi connectivity index (χ2n) is 4.51. The summed E-state index contributed by atoms with van der Waals surface area (Å²) >= 11 is 3.35. The molecule has 0 spiro atoms. The van der Waals surface area contributed by atoms with Crippen LogP contribution >= 0.6 is 23.1 Å². The predicted octanol–water partition coefficient (Wildman–Crippen LogP) is 3.44. The second-order valence-corrected chi connectivity index (χ2v) is 6.36. The summed E-state index contributed by atoms with van der Waals surface area (Å²) in [7, 11) is 0. The van der Waals surface area contributed by atoms with Crippen LogP contribution in [0, 0.1) is 0 Å². The van der Waals surface area contributed by atoms with Crippen molar-refractivity contribution in [3.8, 4) is 0 Å². The molecule has 2 heterocycles. The first kappa shape index (κ1) is 11.3. The highest BCUT2D eigenvalue weighted by Gasteiger charge is 2.24. The van der Waals surface area contributed by atoms with Crippen LogP contribution in [-0.2, 0) is 6.42 Å². The van der Waals surface area contributed by atoms with Crippen LogP contribution in [0.3, 0.4) is 0 Å². The molecule has 0 aromatic carbocycles. The van der Waals surface area contributed by atoms with E-state index in [9.17, 15) is 0 Å². The SMILES string of the molecule is CSc1nc(N)c2c3c(sc2n1)CCCC3C. The highest BCUT2D eigenvalue weighted by Crippen LogP contribution is 2.43. The number of nitrogen functional groups attached to an aromatic ring is 1. The van der Waals surface area contributed by atoms with E-state index in [1.54, 1.807) is 23.1 Å². The molecule has 2 aromatic heterocycles. The van der Waals surface area contributed by atoms with Crippen LogP contribution in [0.25, 0.3) is 10.2 Å². The number of nitrogens with two attached hydrogens (primary N) is 1. The Bertz CT molecular complexity index is 577. The zero-order valence-corrected chi connectivity index (χ0v) is 11.6. The second kappa shape index (κ2) is 4.14. The van der Waals surface area contributed by atoms with E-state index in [-0.39, 0.29) is 0 Å². The van der Waals surface area contributed by atoms with E-state index >= 15 is 0 Å². The molecule has 0 amide bonds. The Morgan fingerprint density at radius 2 is 2.24 bits per heavy atom. The summed E-state index contributed by atoms with van der Waals surface area (Å²) in [6.45, 7) is 2.28. The van der Waals surface area contributed by atoms with Gasteiger partial charge in [0.05, 0.1) is 5.39 Å². The molecule has 17 heavy (non-hydrogen) atoms. The molecule has 1 aliphatic carbocycles. The first-order valence-corrected chi connectivity index (χ1v) is 7.87. The number of rotatable bonds is 1. The lowest BCUT2D eigenvalue weighted by Crippen LogP contribution is -2.05. The lowest BCUT2D eigenvalue weighted by atomic mass is 9.87. The maximum Gasteiger partial charge on any atom is 0.190 e. The molecule has 3 rings (SSSR count). The highest BCUT2D eigenvalue weighted by molar-refractivity contribution is 7.98. The van der Waals surface area contributed by atoms with E-state index in [2.05, 4.69) is 16.9 Å². The van der Waals surface area contributed by atoms with Crippen molar-refractivity contribution < 1.29 is 0 Å². The van der Waals surface area contributed by atoms with Crippen molar-refractivity contribution in [2.24, 2.45) is 0 Å². The average Bonchev–Trinajstić information content (AvgIpc) is 2.68. The average molecular weight is 265 g/mol. The number of anilines is 1. The summed E-state index contributed by atoms with van der Waals surface area (Å²) in [6, 6.07) is 0. The molecule has 0 saturated carbocycles. The Morgan fingerprint density at radius 1 is 1.41 bits per heavy atom. The monoisotopic (exact) mass is 265 g/mol. The fraction of sp³-hybridized carbons (Fsp3) is 0.500. The molecule has 5 heteroatoms.